The fraction of sp³-hybridized carbons (Fsp3) is 0. The third-order valence-electron chi connectivity index (χ3n) is 23.5. The lowest BCUT2D eigenvalue weighted by Gasteiger charge is -2.30. The second kappa shape index (κ2) is 31.7. The Hall–Kier alpha value is -15.9. The number of fused-ring (bicyclic) bond motifs is 8. The monoisotopic (exact) mass is 1530 g/mol. The Kier molecular flexibility index (Phi) is 19.0. The summed E-state index contributed by atoms with van der Waals surface area (Å²) >= 11 is 0. The van der Waals surface area contributed by atoms with E-state index >= 15 is 0 Å². The number of hydrogen-bond acceptors (Lipinski definition) is 4. The lowest BCUT2D eigenvalue weighted by atomic mass is 9.85. The van der Waals surface area contributed by atoms with E-state index in [0.717, 1.165) is 68.2 Å². The second-order valence-corrected chi connectivity index (χ2v) is 30.6. The molecule has 0 unspecified atom stereocenters. The van der Waals surface area contributed by atoms with Gasteiger partial charge in [-0.1, -0.05) is 364 Å². The minimum absolute atomic E-state index is 1.09. The van der Waals surface area contributed by atoms with Crippen molar-refractivity contribution in [2.24, 2.45) is 0 Å². The van der Waals surface area contributed by atoms with Crippen LogP contribution in [0.5, 0.6) is 0 Å². The maximum atomic E-state index is 2.47. The third kappa shape index (κ3) is 13.3. The average Bonchev–Trinajstić information content (AvgIpc) is 0.725. The Balaban J connectivity index is 0.000000154. The van der Waals surface area contributed by atoms with Crippen molar-refractivity contribution in [2.45, 2.75) is 0 Å². The topological polar surface area (TPSA) is 13.0 Å². The highest BCUT2D eigenvalue weighted by Gasteiger charge is 2.27. The van der Waals surface area contributed by atoms with Gasteiger partial charge in [0, 0.05) is 67.0 Å². The van der Waals surface area contributed by atoms with Gasteiger partial charge in [-0.2, -0.15) is 0 Å². The van der Waals surface area contributed by atoms with Crippen LogP contribution in [0.15, 0.2) is 485 Å². The van der Waals surface area contributed by atoms with Gasteiger partial charge in [-0.3, -0.25) is 0 Å². The molecule has 0 N–H and O–H groups in total. The Labute approximate surface area is 699 Å². The Morgan fingerprint density at radius 2 is 0.292 bits per heavy atom. The molecular weight excluding hydrogens is 1450 g/mol. The van der Waals surface area contributed by atoms with E-state index in [9.17, 15) is 0 Å². The minimum Gasteiger partial charge on any atom is -0.310 e. The summed E-state index contributed by atoms with van der Waals surface area (Å²) in [4.78, 5) is 9.64. The SMILES string of the molecule is c1ccc(-c2c3ccc(N(c4cccc5ccccc45)c4cccc5ccccc45)cc3c(-c3ccccc3)c3ccc(N(c4cccc5ccccc45)c4cccc5ccccc45)cc23)cc1.c1ccc(-c2c3ccc(N(c4ccccc4)c4ccccc4)cc3c(-c3ccccc3)c3ccc(N(c4ccccc4)c4ccccc4)cc23)cc1. The highest BCUT2D eigenvalue weighted by atomic mass is 15.2. The molecule has 564 valence electrons. The maximum absolute atomic E-state index is 2.47. The average molecular weight is 1530 g/mol. The summed E-state index contributed by atoms with van der Waals surface area (Å²) in [6.45, 7) is 0. The molecule has 0 spiro atoms. The number of anilines is 12. The summed E-state index contributed by atoms with van der Waals surface area (Å²) in [7, 11) is 0. The zero-order valence-electron chi connectivity index (χ0n) is 66.0. The highest BCUT2D eigenvalue weighted by molar-refractivity contribution is 6.25. The molecule has 22 rings (SSSR count). The van der Waals surface area contributed by atoms with Crippen molar-refractivity contribution in [3.8, 4) is 44.5 Å². The van der Waals surface area contributed by atoms with E-state index in [1.165, 1.54) is 131 Å². The van der Waals surface area contributed by atoms with Crippen LogP contribution in [0.4, 0.5) is 68.2 Å². The highest BCUT2D eigenvalue weighted by Crippen LogP contribution is 2.53. The van der Waals surface area contributed by atoms with E-state index < -0.39 is 0 Å². The predicted molar refractivity (Wildman–Crippen MR) is 513 cm³/mol. The van der Waals surface area contributed by atoms with Gasteiger partial charge in [0.05, 0.1) is 22.7 Å². The van der Waals surface area contributed by atoms with Crippen LogP contribution in [0.25, 0.3) is 131 Å². The van der Waals surface area contributed by atoms with Crippen LogP contribution < -0.4 is 19.6 Å². The number of rotatable bonds is 16. The van der Waals surface area contributed by atoms with Crippen molar-refractivity contribution >= 4 is 154 Å². The smallest absolute Gasteiger partial charge is 0.0540 e. The number of nitrogens with zero attached hydrogens (tertiary/aromatic N) is 4. The van der Waals surface area contributed by atoms with Gasteiger partial charge in [0.25, 0.3) is 0 Å². The summed E-state index contributed by atoms with van der Waals surface area (Å²) in [6.07, 6.45) is 0. The molecule has 22 aromatic rings. The van der Waals surface area contributed by atoms with Crippen molar-refractivity contribution in [3.63, 3.8) is 0 Å². The van der Waals surface area contributed by atoms with E-state index in [1.54, 1.807) is 0 Å². The third-order valence-corrected chi connectivity index (χ3v) is 23.5. The lowest BCUT2D eigenvalue weighted by Crippen LogP contribution is -2.11. The Bertz CT molecular complexity index is 6810. The lowest BCUT2D eigenvalue weighted by molar-refractivity contribution is 1.29. The molecule has 0 atom stereocenters. The molecule has 4 heteroatoms. The van der Waals surface area contributed by atoms with E-state index in [1.807, 2.05) is 0 Å². The van der Waals surface area contributed by atoms with E-state index in [4.69, 9.17) is 0 Å². The van der Waals surface area contributed by atoms with Crippen molar-refractivity contribution in [2.75, 3.05) is 19.6 Å². The van der Waals surface area contributed by atoms with Gasteiger partial charge < -0.3 is 19.6 Å². The van der Waals surface area contributed by atoms with Gasteiger partial charge in [-0.15, -0.1) is 0 Å². The number of benzene rings is 22. The van der Waals surface area contributed by atoms with Gasteiger partial charge in [-0.25, -0.2) is 0 Å². The van der Waals surface area contributed by atoms with Gasteiger partial charge in [0.2, 0.25) is 0 Å². The molecule has 0 bridgehead atoms. The minimum atomic E-state index is 1.09. The molecule has 0 saturated heterocycles. The van der Waals surface area contributed by atoms with Crippen LogP contribution in [0.3, 0.4) is 0 Å². The first-order chi connectivity index (χ1) is 59.6. The first kappa shape index (κ1) is 71.9. The largest absolute Gasteiger partial charge is 0.310 e. The number of hydrogen-bond donors (Lipinski definition) is 0. The van der Waals surface area contributed by atoms with Crippen molar-refractivity contribution in [1.82, 2.24) is 0 Å². The van der Waals surface area contributed by atoms with Crippen LogP contribution in [-0.2, 0) is 0 Å². The molecule has 22 aromatic carbocycles. The molecule has 0 saturated carbocycles. The molecule has 120 heavy (non-hydrogen) atoms. The van der Waals surface area contributed by atoms with Crippen LogP contribution in [0.2, 0.25) is 0 Å². The van der Waals surface area contributed by atoms with E-state index in [-0.39, 0.29) is 0 Å². The van der Waals surface area contributed by atoms with Gasteiger partial charge >= 0.3 is 0 Å². The van der Waals surface area contributed by atoms with Crippen LogP contribution in [-0.4, -0.2) is 0 Å². The van der Waals surface area contributed by atoms with E-state index in [2.05, 4.69) is 505 Å². The zero-order chi connectivity index (χ0) is 79.7. The molecule has 0 fully saturated rings. The van der Waals surface area contributed by atoms with Crippen molar-refractivity contribution in [3.05, 3.63) is 485 Å². The van der Waals surface area contributed by atoms with Crippen LogP contribution in [0, 0.1) is 0 Å². The normalized spacial score (nSPS) is 11.3. The molecule has 0 heterocycles. The predicted octanol–water partition coefficient (Wildman–Crippen LogP) is 33.1. The summed E-state index contributed by atoms with van der Waals surface area (Å²) in [5.41, 5.74) is 23.0. The molecule has 0 amide bonds. The van der Waals surface area contributed by atoms with Gasteiger partial charge in [0.15, 0.2) is 0 Å². The fourth-order valence-corrected chi connectivity index (χ4v) is 18.3. The Morgan fingerprint density at radius 3 is 0.517 bits per heavy atom. The summed E-state index contributed by atoms with van der Waals surface area (Å²) in [5.74, 6) is 0. The van der Waals surface area contributed by atoms with E-state index in [0.29, 0.717) is 0 Å². The molecular formula is C116H80N4. The summed E-state index contributed by atoms with van der Waals surface area (Å²) < 4.78 is 0. The summed E-state index contributed by atoms with van der Waals surface area (Å²) in [6, 6.07) is 176. The molecule has 0 radical (unpaired) electrons. The van der Waals surface area contributed by atoms with Gasteiger partial charge in [0.1, 0.15) is 0 Å². The fourth-order valence-electron chi connectivity index (χ4n) is 18.3. The molecule has 4 nitrogen and oxygen atoms in total. The molecule has 0 aromatic heterocycles. The number of para-hydroxylation sites is 4. The second-order valence-electron chi connectivity index (χ2n) is 30.6. The standard InChI is InChI=1S/C66H44N2.C50H36N2/c1-3-23-49(24-4-1)65-57-41-39-52(68(63-37-17-29-47-21-9-13-33-55(47)63)64-38-18-30-48-22-10-14-34-56(48)64)44-60(57)66(50-25-5-2-6-26-50)58-42-40-51(43-59(58)65)67(61-35-15-27-45-19-7-11-31-53(45)61)62-36-16-28-46-20-8-12-32-54(46)62;1-7-19-37(20-8-1)49-45-33-31-44(52(41-27-15-5-16-28-41)42-29-17-6-18-30-42)36-48(45)50(38-21-9-2-10-22-38)46-34-32-43(35-47(46)49)51(39-23-11-3-12-24-39)40-25-13-4-14-26-40/h1-44H;1-36H. The first-order valence-electron chi connectivity index (χ1n) is 41.2. The first-order valence-corrected chi connectivity index (χ1v) is 41.2. The van der Waals surface area contributed by atoms with Crippen molar-refractivity contribution < 1.29 is 0 Å². The molecule has 0 aliphatic carbocycles. The zero-order valence-corrected chi connectivity index (χ0v) is 66.0. The van der Waals surface area contributed by atoms with Crippen LogP contribution >= 0.6 is 0 Å². The van der Waals surface area contributed by atoms with Crippen LogP contribution in [0.1, 0.15) is 0 Å². The quantitative estimate of drug-likeness (QED) is 0.0894. The summed E-state index contributed by atoms with van der Waals surface area (Å²) in [5, 5.41) is 19.2. The molecule has 0 aliphatic rings. The van der Waals surface area contributed by atoms with Crippen molar-refractivity contribution in [1.29, 1.82) is 0 Å². The molecule has 0 aliphatic heterocycles. The van der Waals surface area contributed by atoms with Gasteiger partial charge in [-0.05, 0) is 230 Å². The Morgan fingerprint density at radius 1 is 0.108 bits per heavy atom. The maximum Gasteiger partial charge on any atom is 0.0540 e.